The lowest BCUT2D eigenvalue weighted by molar-refractivity contribution is -0.138. The van der Waals surface area contributed by atoms with Gasteiger partial charge in [0.25, 0.3) is 5.56 Å². The molecule has 0 amide bonds. The van der Waals surface area contributed by atoms with Gasteiger partial charge in [0.2, 0.25) is 0 Å². The van der Waals surface area contributed by atoms with E-state index in [-0.39, 0.29) is 26.8 Å². The second-order valence-corrected chi connectivity index (χ2v) is 5.28. The number of alkyl halides is 3. The van der Waals surface area contributed by atoms with Crippen LogP contribution in [0, 0.1) is 6.92 Å². The Morgan fingerprint density at radius 2 is 2.05 bits per heavy atom. The van der Waals surface area contributed by atoms with Crippen molar-refractivity contribution in [1.29, 1.82) is 0 Å². The molecule has 0 fully saturated rings. The normalized spacial score (nSPS) is 13.8. The summed E-state index contributed by atoms with van der Waals surface area (Å²) >= 11 is 2.91. The van der Waals surface area contributed by atoms with E-state index in [0.717, 1.165) is 6.07 Å². The van der Waals surface area contributed by atoms with Crippen molar-refractivity contribution in [1.82, 2.24) is 9.97 Å². The first-order chi connectivity index (χ1) is 9.12. The molecule has 20 heavy (non-hydrogen) atoms. The van der Waals surface area contributed by atoms with Crippen molar-refractivity contribution in [2.24, 2.45) is 5.73 Å². The van der Waals surface area contributed by atoms with Crippen LogP contribution in [0.15, 0.2) is 15.3 Å². The molecule has 4 nitrogen and oxygen atoms in total. The first kappa shape index (κ1) is 15.0. The smallest absolute Gasteiger partial charge is 0.324 e. The highest BCUT2D eigenvalue weighted by Gasteiger charge is 2.38. The maximum atomic E-state index is 13.2. The number of nitrogens with two attached hydrogens (primary N) is 1. The van der Waals surface area contributed by atoms with Crippen LogP contribution in [0.5, 0.6) is 0 Å². The Hall–Kier alpha value is -1.41. The fraction of sp³-hybridized carbons (Fsp3) is 0.333. The quantitative estimate of drug-likeness (QED) is 0.831. The lowest BCUT2D eigenvalue weighted by Gasteiger charge is -2.18. The SMILES string of the molecule is Cc1nc2c(Br)c(C(F)(F)F)c(C(C)N)cc2c(=O)[nH]1. The van der Waals surface area contributed by atoms with Crippen LogP contribution in [0.25, 0.3) is 10.9 Å². The van der Waals surface area contributed by atoms with Crippen LogP contribution in [-0.2, 0) is 6.18 Å². The Balaban J connectivity index is 3.02. The molecule has 1 unspecified atom stereocenters. The lowest BCUT2D eigenvalue weighted by Crippen LogP contribution is -2.19. The van der Waals surface area contributed by atoms with Gasteiger partial charge in [0.05, 0.1) is 20.9 Å². The molecule has 0 saturated carbocycles. The van der Waals surface area contributed by atoms with Crippen molar-refractivity contribution >= 4 is 26.8 Å². The number of nitrogens with one attached hydrogen (secondary N) is 1. The fourth-order valence-corrected chi connectivity index (χ4v) is 2.77. The van der Waals surface area contributed by atoms with Gasteiger partial charge in [0, 0.05) is 6.04 Å². The molecule has 0 aliphatic heterocycles. The number of aryl methyl sites for hydroxylation is 1. The van der Waals surface area contributed by atoms with Gasteiger partial charge in [-0.2, -0.15) is 13.2 Å². The van der Waals surface area contributed by atoms with E-state index in [1.807, 2.05) is 0 Å². The topological polar surface area (TPSA) is 71.8 Å². The summed E-state index contributed by atoms with van der Waals surface area (Å²) in [5.41, 5.74) is 4.04. The fourth-order valence-electron chi connectivity index (χ4n) is 2.02. The third-order valence-corrected chi connectivity index (χ3v) is 3.64. The van der Waals surface area contributed by atoms with Gasteiger partial charge in [-0.05, 0) is 41.4 Å². The molecule has 0 aliphatic rings. The minimum absolute atomic E-state index is 0.0250. The highest BCUT2D eigenvalue weighted by atomic mass is 79.9. The van der Waals surface area contributed by atoms with E-state index in [2.05, 4.69) is 25.9 Å². The average Bonchev–Trinajstić information content (AvgIpc) is 2.27. The molecule has 0 spiro atoms. The number of nitrogens with zero attached hydrogens (tertiary/aromatic N) is 1. The van der Waals surface area contributed by atoms with Crippen molar-refractivity contribution < 1.29 is 13.2 Å². The predicted molar refractivity (Wildman–Crippen MR) is 72.4 cm³/mol. The van der Waals surface area contributed by atoms with E-state index < -0.39 is 23.3 Å². The molecule has 0 radical (unpaired) electrons. The summed E-state index contributed by atoms with van der Waals surface area (Å²) in [6.45, 7) is 2.93. The minimum atomic E-state index is -4.59. The van der Waals surface area contributed by atoms with Crippen molar-refractivity contribution in [3.63, 3.8) is 0 Å². The number of benzene rings is 1. The van der Waals surface area contributed by atoms with Gasteiger partial charge in [-0.3, -0.25) is 4.79 Å². The molecule has 8 heteroatoms. The number of H-pyrrole nitrogens is 1. The van der Waals surface area contributed by atoms with E-state index in [1.54, 1.807) is 0 Å². The Labute approximate surface area is 120 Å². The van der Waals surface area contributed by atoms with E-state index in [9.17, 15) is 18.0 Å². The van der Waals surface area contributed by atoms with Gasteiger partial charge >= 0.3 is 6.18 Å². The zero-order valence-electron chi connectivity index (χ0n) is 10.6. The Kier molecular flexibility index (Phi) is 3.64. The molecule has 2 rings (SSSR count). The largest absolute Gasteiger partial charge is 0.417 e. The molecule has 1 aromatic carbocycles. The van der Waals surface area contributed by atoms with Gasteiger partial charge in [-0.15, -0.1) is 0 Å². The minimum Gasteiger partial charge on any atom is -0.324 e. The molecule has 1 atom stereocenters. The molecule has 3 N–H and O–H groups in total. The number of fused-ring (bicyclic) bond motifs is 1. The summed E-state index contributed by atoms with van der Waals surface area (Å²) in [6, 6.07) is 0.284. The summed E-state index contributed by atoms with van der Waals surface area (Å²) in [4.78, 5) is 18.3. The number of halogens is 4. The van der Waals surface area contributed by atoms with E-state index >= 15 is 0 Å². The summed E-state index contributed by atoms with van der Waals surface area (Å²) in [6.07, 6.45) is -4.59. The van der Waals surface area contributed by atoms with Crippen molar-refractivity contribution in [3.8, 4) is 0 Å². The van der Waals surface area contributed by atoms with Crippen LogP contribution < -0.4 is 11.3 Å². The van der Waals surface area contributed by atoms with Crippen LogP contribution in [-0.4, -0.2) is 9.97 Å². The standard InChI is InChI=1S/C12H11BrF3N3O/c1-4(17)6-3-7-10(18-5(2)19-11(7)20)9(13)8(6)12(14,15)16/h3-4H,17H2,1-2H3,(H,18,19,20). The van der Waals surface area contributed by atoms with Crippen LogP contribution >= 0.6 is 15.9 Å². The van der Waals surface area contributed by atoms with Gasteiger partial charge in [-0.1, -0.05) is 0 Å². The summed E-state index contributed by atoms with van der Waals surface area (Å²) < 4.78 is 39.3. The van der Waals surface area contributed by atoms with Gasteiger partial charge < -0.3 is 10.7 Å². The van der Waals surface area contributed by atoms with Gasteiger partial charge in [0.15, 0.2) is 0 Å². The van der Waals surface area contributed by atoms with Gasteiger partial charge in [0.1, 0.15) is 5.82 Å². The van der Waals surface area contributed by atoms with Gasteiger partial charge in [-0.25, -0.2) is 4.98 Å². The van der Waals surface area contributed by atoms with Crippen molar-refractivity contribution in [2.75, 3.05) is 0 Å². The summed E-state index contributed by atoms with van der Waals surface area (Å²) in [5.74, 6) is 0.241. The Morgan fingerprint density at radius 3 is 2.55 bits per heavy atom. The first-order valence-electron chi connectivity index (χ1n) is 5.68. The lowest BCUT2D eigenvalue weighted by atomic mass is 9.99. The molecule has 2 aromatic rings. The second-order valence-electron chi connectivity index (χ2n) is 4.49. The predicted octanol–water partition coefficient (Wildman–Crippen LogP) is 3.03. The Bertz CT molecular complexity index is 737. The molecular weight excluding hydrogens is 339 g/mol. The first-order valence-corrected chi connectivity index (χ1v) is 6.48. The third kappa shape index (κ3) is 2.45. The molecule has 0 aliphatic carbocycles. The second kappa shape index (κ2) is 4.85. The zero-order valence-corrected chi connectivity index (χ0v) is 12.2. The monoisotopic (exact) mass is 349 g/mol. The van der Waals surface area contributed by atoms with Crippen molar-refractivity contribution in [3.05, 3.63) is 37.8 Å². The highest BCUT2D eigenvalue weighted by Crippen LogP contribution is 2.41. The summed E-state index contributed by atoms with van der Waals surface area (Å²) in [7, 11) is 0. The van der Waals surface area contributed by atoms with Crippen LogP contribution in [0.4, 0.5) is 13.2 Å². The number of aromatic amines is 1. The molecule has 1 aromatic heterocycles. The maximum absolute atomic E-state index is 13.2. The van der Waals surface area contributed by atoms with Crippen molar-refractivity contribution in [2.45, 2.75) is 26.1 Å². The van der Waals surface area contributed by atoms with Crippen LogP contribution in [0.1, 0.15) is 29.9 Å². The van der Waals surface area contributed by atoms with E-state index in [4.69, 9.17) is 5.73 Å². The third-order valence-electron chi connectivity index (χ3n) is 2.86. The van der Waals surface area contributed by atoms with Crippen LogP contribution in [0.2, 0.25) is 0 Å². The number of rotatable bonds is 1. The van der Waals surface area contributed by atoms with E-state index in [1.165, 1.54) is 13.8 Å². The zero-order chi connectivity index (χ0) is 15.2. The molecule has 0 bridgehead atoms. The molecule has 1 heterocycles. The summed E-state index contributed by atoms with van der Waals surface area (Å²) in [5, 5.41) is 0.0720. The molecule has 0 saturated heterocycles. The average molecular weight is 350 g/mol. The highest BCUT2D eigenvalue weighted by molar-refractivity contribution is 9.10. The molecular formula is C12H11BrF3N3O. The number of hydrogen-bond donors (Lipinski definition) is 2. The molecule has 108 valence electrons. The van der Waals surface area contributed by atoms with Crippen LogP contribution in [0.3, 0.4) is 0 Å². The van der Waals surface area contributed by atoms with E-state index in [0.29, 0.717) is 0 Å². The number of aromatic nitrogens is 2. The maximum Gasteiger partial charge on any atom is 0.417 e. The number of hydrogen-bond acceptors (Lipinski definition) is 3. The Morgan fingerprint density at radius 1 is 1.45 bits per heavy atom.